The minimum atomic E-state index is -0.209. The summed E-state index contributed by atoms with van der Waals surface area (Å²) in [4.78, 5) is 24.6. The van der Waals surface area contributed by atoms with Gasteiger partial charge in [-0.3, -0.25) is 9.36 Å². The number of aldehydes is 1. The summed E-state index contributed by atoms with van der Waals surface area (Å²) in [5.41, 5.74) is 4.56. The molecule has 0 aliphatic carbocycles. The summed E-state index contributed by atoms with van der Waals surface area (Å²) in [7, 11) is 0. The molecule has 0 unspecified atom stereocenters. The second kappa shape index (κ2) is 12.0. The zero-order valence-electron chi connectivity index (χ0n) is 21.1. The van der Waals surface area contributed by atoms with Crippen LogP contribution in [0.3, 0.4) is 0 Å². The Bertz CT molecular complexity index is 1260. The van der Waals surface area contributed by atoms with Crippen LogP contribution in [0.1, 0.15) is 84.1 Å². The van der Waals surface area contributed by atoms with Crippen molar-refractivity contribution < 1.29 is 9.59 Å². The summed E-state index contributed by atoms with van der Waals surface area (Å²) in [6.45, 7) is 6.91. The van der Waals surface area contributed by atoms with Crippen LogP contribution < -0.4 is 5.32 Å². The van der Waals surface area contributed by atoms with Gasteiger partial charge in [-0.15, -0.1) is 21.5 Å². The van der Waals surface area contributed by atoms with Crippen LogP contribution in [0.25, 0.3) is 10.6 Å². The van der Waals surface area contributed by atoms with Gasteiger partial charge in [0.1, 0.15) is 22.9 Å². The first-order valence-electron chi connectivity index (χ1n) is 12.6. The molecule has 0 saturated carbocycles. The summed E-state index contributed by atoms with van der Waals surface area (Å²) in [6.07, 6.45) is 9.19. The number of unbranched alkanes of at least 4 members (excludes halogenated alkanes) is 5. The summed E-state index contributed by atoms with van der Waals surface area (Å²) in [5.74, 6) is 1.42. The van der Waals surface area contributed by atoms with Gasteiger partial charge in [-0.05, 0) is 62.4 Å². The minimum Gasteiger partial charge on any atom is -0.356 e. The van der Waals surface area contributed by atoms with E-state index in [1.165, 1.54) is 16.0 Å². The fraction of sp³-hybridized carbons (Fsp3) is 0.429. The fourth-order valence-corrected chi connectivity index (χ4v) is 6.07. The highest BCUT2D eigenvalue weighted by Gasteiger charge is 2.31. The molecule has 0 fully saturated rings. The lowest BCUT2D eigenvalue weighted by Gasteiger charge is -2.13. The first kappa shape index (κ1) is 26.3. The molecule has 8 heteroatoms. The van der Waals surface area contributed by atoms with Gasteiger partial charge < -0.3 is 10.1 Å². The molecule has 1 amide bonds. The maximum Gasteiger partial charge on any atom is 0.221 e. The number of nitrogens with one attached hydrogen (secondary N) is 1. The molecular formula is C28H33ClN4O2S. The van der Waals surface area contributed by atoms with Crippen molar-refractivity contribution in [3.63, 3.8) is 0 Å². The standard InChI is InChI=1S/C28H33ClN4O2S/c1-18-19(2)36-28-26(18)24(21-10-12-23(29)13-11-21)16-22(27-32-31-20(3)33(27)28)17-25(35)30-14-8-6-4-5-7-9-15-34/h10-13,15-16,22H,4-9,14,17H2,1-3H3,(H,30,35)/t22-/m0/s1. The predicted octanol–water partition coefficient (Wildman–Crippen LogP) is 6.48. The molecule has 6 nitrogen and oxygen atoms in total. The number of thiophene rings is 1. The SMILES string of the molecule is Cc1sc2c(c1C)C(c1ccc(Cl)cc1)=C[C@@H](CC(=O)NCCCCCCCC=O)c1nnc(C)n1-2. The Morgan fingerprint density at radius 3 is 2.56 bits per heavy atom. The minimum absolute atomic E-state index is 0.0121. The second-order valence-electron chi connectivity index (χ2n) is 9.38. The third-order valence-corrected chi connectivity index (χ3v) is 8.21. The monoisotopic (exact) mass is 524 g/mol. The van der Waals surface area contributed by atoms with E-state index < -0.39 is 0 Å². The maximum absolute atomic E-state index is 13.0. The number of carbonyl (C=O) groups is 2. The lowest BCUT2D eigenvalue weighted by molar-refractivity contribution is -0.121. The van der Waals surface area contributed by atoms with Crippen LogP contribution in [0.4, 0.5) is 0 Å². The zero-order valence-corrected chi connectivity index (χ0v) is 22.7. The maximum atomic E-state index is 13.0. The molecular weight excluding hydrogens is 492 g/mol. The molecule has 36 heavy (non-hydrogen) atoms. The van der Waals surface area contributed by atoms with Crippen molar-refractivity contribution in [2.24, 2.45) is 0 Å². The molecule has 4 rings (SSSR count). The van der Waals surface area contributed by atoms with Gasteiger partial charge in [-0.2, -0.15) is 0 Å². The van der Waals surface area contributed by atoms with Crippen LogP contribution in [0, 0.1) is 20.8 Å². The van der Waals surface area contributed by atoms with E-state index in [0.717, 1.165) is 66.2 Å². The molecule has 1 atom stereocenters. The fourth-order valence-electron chi connectivity index (χ4n) is 4.72. The van der Waals surface area contributed by atoms with Crippen molar-refractivity contribution in [2.45, 2.75) is 71.6 Å². The van der Waals surface area contributed by atoms with Gasteiger partial charge in [0.2, 0.25) is 5.91 Å². The first-order valence-corrected chi connectivity index (χ1v) is 13.8. The largest absolute Gasteiger partial charge is 0.356 e. The number of nitrogens with zero attached hydrogens (tertiary/aromatic N) is 3. The topological polar surface area (TPSA) is 76.9 Å². The summed E-state index contributed by atoms with van der Waals surface area (Å²) in [5, 5.41) is 13.8. The Labute approximate surface area is 221 Å². The molecule has 3 heterocycles. The quantitative estimate of drug-likeness (QED) is 0.230. The molecule has 1 N–H and O–H groups in total. The van der Waals surface area contributed by atoms with Gasteiger partial charge in [0.15, 0.2) is 0 Å². The average molecular weight is 525 g/mol. The van der Waals surface area contributed by atoms with Crippen LogP contribution in [0.5, 0.6) is 0 Å². The Hall–Kier alpha value is -2.77. The van der Waals surface area contributed by atoms with Gasteiger partial charge in [0.05, 0.1) is 0 Å². The number of allylic oxidation sites excluding steroid dienone is 1. The van der Waals surface area contributed by atoms with Crippen molar-refractivity contribution in [2.75, 3.05) is 6.54 Å². The molecule has 190 valence electrons. The Kier molecular flexibility index (Phi) is 8.75. The zero-order chi connectivity index (χ0) is 25.7. The number of carbonyl (C=O) groups excluding carboxylic acids is 2. The second-order valence-corrected chi connectivity index (χ2v) is 11.0. The van der Waals surface area contributed by atoms with E-state index in [9.17, 15) is 9.59 Å². The molecule has 0 radical (unpaired) electrons. The smallest absolute Gasteiger partial charge is 0.221 e. The van der Waals surface area contributed by atoms with E-state index in [2.05, 4.69) is 40.0 Å². The van der Waals surface area contributed by atoms with Crippen molar-refractivity contribution in [3.05, 3.63) is 68.6 Å². The van der Waals surface area contributed by atoms with Crippen LogP contribution >= 0.6 is 22.9 Å². The normalized spacial score (nSPS) is 14.6. The first-order chi connectivity index (χ1) is 17.4. The average Bonchev–Trinajstić information content (AvgIpc) is 3.33. The lowest BCUT2D eigenvalue weighted by Crippen LogP contribution is -2.26. The van der Waals surface area contributed by atoms with E-state index in [-0.39, 0.29) is 11.8 Å². The number of amides is 1. The van der Waals surface area contributed by atoms with Crippen LogP contribution in [-0.2, 0) is 9.59 Å². The Morgan fingerprint density at radius 1 is 1.08 bits per heavy atom. The molecule has 1 aliphatic heterocycles. The van der Waals surface area contributed by atoms with Crippen molar-refractivity contribution in [3.8, 4) is 5.00 Å². The number of aromatic nitrogens is 3. The summed E-state index contributed by atoms with van der Waals surface area (Å²) < 4.78 is 2.12. The van der Waals surface area contributed by atoms with Crippen molar-refractivity contribution >= 4 is 40.7 Å². The van der Waals surface area contributed by atoms with Gasteiger partial charge >= 0.3 is 0 Å². The highest BCUT2D eigenvalue weighted by atomic mass is 35.5. The number of halogens is 1. The van der Waals surface area contributed by atoms with Gasteiger partial charge in [0.25, 0.3) is 0 Å². The van der Waals surface area contributed by atoms with Gasteiger partial charge in [-0.25, -0.2) is 0 Å². The number of hydrogen-bond acceptors (Lipinski definition) is 5. The Morgan fingerprint density at radius 2 is 1.81 bits per heavy atom. The van der Waals surface area contributed by atoms with Crippen LogP contribution in [0.2, 0.25) is 5.02 Å². The highest BCUT2D eigenvalue weighted by Crippen LogP contribution is 2.44. The van der Waals surface area contributed by atoms with Crippen LogP contribution in [-0.4, -0.2) is 33.5 Å². The number of rotatable bonds is 11. The summed E-state index contributed by atoms with van der Waals surface area (Å²) in [6, 6.07) is 7.89. The van der Waals surface area contributed by atoms with Crippen LogP contribution in [0.15, 0.2) is 30.3 Å². The molecule has 0 spiro atoms. The third kappa shape index (κ3) is 5.79. The van der Waals surface area contributed by atoms with E-state index in [0.29, 0.717) is 24.4 Å². The molecule has 3 aromatic rings. The van der Waals surface area contributed by atoms with Crippen molar-refractivity contribution in [1.29, 1.82) is 0 Å². The lowest BCUT2D eigenvalue weighted by atomic mass is 9.92. The number of benzene rings is 1. The van der Waals surface area contributed by atoms with E-state index in [4.69, 9.17) is 11.6 Å². The number of fused-ring (bicyclic) bond motifs is 3. The Balaban J connectivity index is 1.57. The number of hydrogen-bond donors (Lipinski definition) is 1. The highest BCUT2D eigenvalue weighted by molar-refractivity contribution is 7.15. The summed E-state index contributed by atoms with van der Waals surface area (Å²) >= 11 is 7.92. The molecule has 1 aliphatic rings. The number of aryl methyl sites for hydroxylation is 2. The molecule has 1 aromatic carbocycles. The predicted molar refractivity (Wildman–Crippen MR) is 146 cm³/mol. The third-order valence-electron chi connectivity index (χ3n) is 6.77. The molecule has 2 aromatic heterocycles. The van der Waals surface area contributed by atoms with Gasteiger partial charge in [-0.1, -0.05) is 49.1 Å². The van der Waals surface area contributed by atoms with E-state index >= 15 is 0 Å². The van der Waals surface area contributed by atoms with E-state index in [1.807, 2.05) is 31.2 Å². The van der Waals surface area contributed by atoms with E-state index in [1.54, 1.807) is 11.3 Å². The van der Waals surface area contributed by atoms with Gasteiger partial charge in [0, 0.05) is 40.8 Å². The van der Waals surface area contributed by atoms with Crippen molar-refractivity contribution in [1.82, 2.24) is 20.1 Å². The molecule has 0 bridgehead atoms. The molecule has 0 saturated heterocycles.